The van der Waals surface area contributed by atoms with E-state index in [1.165, 1.54) is 0 Å². The molecule has 5 heteroatoms. The molecule has 0 aliphatic rings. The molecular weight excluding hydrogens is 218 g/mol. The lowest BCUT2D eigenvalue weighted by Gasteiger charge is -2.27. The number of hydrogen-bond acceptors (Lipinski definition) is 3. The van der Waals surface area contributed by atoms with E-state index in [-0.39, 0.29) is 11.1 Å². The molecule has 0 aliphatic heterocycles. The first-order valence-electron chi connectivity index (χ1n) is 6.08. The summed E-state index contributed by atoms with van der Waals surface area (Å²) in [7, 11) is 0. The third kappa shape index (κ3) is 11.5. The minimum absolute atomic E-state index is 0.190. The molecule has 0 unspecified atom stereocenters. The van der Waals surface area contributed by atoms with Crippen molar-refractivity contribution in [2.75, 3.05) is 13.2 Å². The number of nitrogens with two attached hydrogens (primary N) is 2. The average Bonchev–Trinajstić information content (AvgIpc) is 2.09. The van der Waals surface area contributed by atoms with Crippen LogP contribution in [0.4, 0.5) is 4.79 Å². The molecule has 0 rings (SSSR count). The summed E-state index contributed by atoms with van der Waals surface area (Å²) >= 11 is 0. The van der Waals surface area contributed by atoms with Crippen LogP contribution in [0.1, 0.15) is 47.0 Å². The average molecular weight is 245 g/mol. The van der Waals surface area contributed by atoms with Crippen LogP contribution in [-0.4, -0.2) is 30.3 Å². The van der Waals surface area contributed by atoms with Crippen molar-refractivity contribution in [2.24, 2.45) is 11.5 Å². The first-order chi connectivity index (χ1) is 7.62. The van der Waals surface area contributed by atoms with Crippen LogP contribution in [0.5, 0.6) is 0 Å². The van der Waals surface area contributed by atoms with E-state index in [2.05, 4.69) is 5.32 Å². The molecule has 0 spiro atoms. The molecule has 0 aromatic carbocycles. The predicted octanol–water partition coefficient (Wildman–Crippen LogP) is 1.36. The summed E-state index contributed by atoms with van der Waals surface area (Å²) in [6, 6.07) is -0.478. The van der Waals surface area contributed by atoms with Gasteiger partial charge in [-0.25, -0.2) is 4.79 Å². The molecule has 0 saturated heterocycles. The van der Waals surface area contributed by atoms with Crippen molar-refractivity contribution >= 4 is 6.03 Å². The number of carbonyl (C=O) groups is 1. The van der Waals surface area contributed by atoms with Gasteiger partial charge in [0.25, 0.3) is 0 Å². The summed E-state index contributed by atoms with van der Waals surface area (Å²) in [6.07, 6.45) is 2.55. The van der Waals surface area contributed by atoms with E-state index >= 15 is 0 Å². The number of hydrogen-bond donors (Lipinski definition) is 3. The second kappa shape index (κ2) is 6.81. The smallest absolute Gasteiger partial charge is 0.312 e. The van der Waals surface area contributed by atoms with Crippen molar-refractivity contribution in [1.82, 2.24) is 5.32 Å². The minimum Gasteiger partial charge on any atom is -0.376 e. The monoisotopic (exact) mass is 245 g/mol. The van der Waals surface area contributed by atoms with Crippen molar-refractivity contribution in [3.8, 4) is 0 Å². The molecule has 0 aliphatic carbocycles. The normalized spacial score (nSPS) is 12.5. The quantitative estimate of drug-likeness (QED) is 0.564. The number of primary amides is 1. The second-order valence-corrected chi connectivity index (χ2v) is 5.74. The molecule has 2 amide bonds. The van der Waals surface area contributed by atoms with Crippen molar-refractivity contribution in [2.45, 2.75) is 58.1 Å². The molecule has 17 heavy (non-hydrogen) atoms. The van der Waals surface area contributed by atoms with E-state index in [1.54, 1.807) is 0 Å². The van der Waals surface area contributed by atoms with Crippen LogP contribution in [0.2, 0.25) is 0 Å². The van der Waals surface area contributed by atoms with Crippen molar-refractivity contribution in [3.63, 3.8) is 0 Å². The fraction of sp³-hybridized carbons (Fsp3) is 0.917. The molecule has 0 atom stereocenters. The van der Waals surface area contributed by atoms with Crippen LogP contribution in [-0.2, 0) is 4.74 Å². The van der Waals surface area contributed by atoms with Gasteiger partial charge in [-0.05, 0) is 47.0 Å². The van der Waals surface area contributed by atoms with E-state index in [9.17, 15) is 4.79 Å². The van der Waals surface area contributed by atoms with Gasteiger partial charge in [0.2, 0.25) is 0 Å². The summed E-state index contributed by atoms with van der Waals surface area (Å²) in [6.45, 7) is 9.30. The van der Waals surface area contributed by atoms with Crippen molar-refractivity contribution < 1.29 is 9.53 Å². The first kappa shape index (κ1) is 16.2. The molecule has 0 radical (unpaired) electrons. The maximum Gasteiger partial charge on any atom is 0.312 e. The molecule has 0 fully saturated rings. The zero-order chi connectivity index (χ0) is 13.5. The Hall–Kier alpha value is -0.810. The Morgan fingerprint density at radius 3 is 2.29 bits per heavy atom. The zero-order valence-electron chi connectivity index (χ0n) is 11.5. The summed E-state index contributed by atoms with van der Waals surface area (Å²) in [4.78, 5) is 10.5. The van der Waals surface area contributed by atoms with Crippen molar-refractivity contribution in [1.29, 1.82) is 0 Å². The highest BCUT2D eigenvalue weighted by molar-refractivity contribution is 5.71. The molecule has 5 nitrogen and oxygen atoms in total. The highest BCUT2D eigenvalue weighted by Crippen LogP contribution is 2.17. The summed E-state index contributed by atoms with van der Waals surface area (Å²) < 4.78 is 5.79. The van der Waals surface area contributed by atoms with Gasteiger partial charge < -0.3 is 21.5 Å². The number of amides is 2. The standard InChI is InChI=1S/C12H27N3O2/c1-11(2,14)7-9-17-12(3,4)6-5-8-15-10(13)16/h5-9,14H2,1-4H3,(H3,13,15,16). The molecule has 5 N–H and O–H groups in total. The molecule has 0 heterocycles. The number of rotatable bonds is 8. The van der Waals surface area contributed by atoms with Gasteiger partial charge in [0.05, 0.1) is 5.60 Å². The van der Waals surface area contributed by atoms with Gasteiger partial charge in [0, 0.05) is 18.7 Å². The van der Waals surface area contributed by atoms with Gasteiger partial charge in [-0.3, -0.25) is 0 Å². The third-order valence-corrected chi connectivity index (χ3v) is 2.49. The maximum absolute atomic E-state index is 10.5. The predicted molar refractivity (Wildman–Crippen MR) is 69.7 cm³/mol. The Labute approximate surface area is 104 Å². The maximum atomic E-state index is 10.5. The Balaban J connectivity index is 3.69. The van der Waals surface area contributed by atoms with Gasteiger partial charge in [0.15, 0.2) is 0 Å². The number of carbonyl (C=O) groups excluding carboxylic acids is 1. The summed E-state index contributed by atoms with van der Waals surface area (Å²) in [5.74, 6) is 0. The Morgan fingerprint density at radius 1 is 1.24 bits per heavy atom. The van der Waals surface area contributed by atoms with Crippen LogP contribution >= 0.6 is 0 Å². The number of ether oxygens (including phenoxy) is 1. The zero-order valence-corrected chi connectivity index (χ0v) is 11.5. The molecular formula is C12H27N3O2. The van der Waals surface area contributed by atoms with Crippen LogP contribution in [0.15, 0.2) is 0 Å². The van der Waals surface area contributed by atoms with E-state index in [0.29, 0.717) is 13.2 Å². The van der Waals surface area contributed by atoms with Crippen LogP contribution in [0.3, 0.4) is 0 Å². The van der Waals surface area contributed by atoms with E-state index in [4.69, 9.17) is 16.2 Å². The van der Waals surface area contributed by atoms with E-state index in [1.807, 2.05) is 27.7 Å². The first-order valence-corrected chi connectivity index (χ1v) is 6.08. The minimum atomic E-state index is -0.478. The van der Waals surface area contributed by atoms with Gasteiger partial charge >= 0.3 is 6.03 Å². The van der Waals surface area contributed by atoms with Gasteiger partial charge in [-0.2, -0.15) is 0 Å². The lowest BCUT2D eigenvalue weighted by atomic mass is 10.0. The van der Waals surface area contributed by atoms with E-state index in [0.717, 1.165) is 19.3 Å². The van der Waals surface area contributed by atoms with Gasteiger partial charge in [-0.15, -0.1) is 0 Å². The van der Waals surface area contributed by atoms with Crippen LogP contribution < -0.4 is 16.8 Å². The van der Waals surface area contributed by atoms with Gasteiger partial charge in [0.1, 0.15) is 0 Å². The van der Waals surface area contributed by atoms with Crippen LogP contribution in [0.25, 0.3) is 0 Å². The highest BCUT2D eigenvalue weighted by Gasteiger charge is 2.19. The second-order valence-electron chi connectivity index (χ2n) is 5.74. The lowest BCUT2D eigenvalue weighted by molar-refractivity contribution is -0.0300. The molecule has 0 bridgehead atoms. The van der Waals surface area contributed by atoms with E-state index < -0.39 is 6.03 Å². The molecule has 102 valence electrons. The SMILES string of the molecule is CC(C)(N)CCOC(C)(C)CCCNC(N)=O. The van der Waals surface area contributed by atoms with Gasteiger partial charge in [-0.1, -0.05) is 0 Å². The lowest BCUT2D eigenvalue weighted by Crippen LogP contribution is -2.36. The largest absolute Gasteiger partial charge is 0.376 e. The van der Waals surface area contributed by atoms with Crippen molar-refractivity contribution in [3.05, 3.63) is 0 Å². The topological polar surface area (TPSA) is 90.4 Å². The summed E-state index contributed by atoms with van der Waals surface area (Å²) in [5, 5.41) is 2.56. The summed E-state index contributed by atoms with van der Waals surface area (Å²) in [5.41, 5.74) is 10.5. The van der Waals surface area contributed by atoms with Crippen LogP contribution in [0, 0.1) is 0 Å². The third-order valence-electron chi connectivity index (χ3n) is 2.49. The highest BCUT2D eigenvalue weighted by atomic mass is 16.5. The molecule has 0 aromatic heterocycles. The fourth-order valence-corrected chi connectivity index (χ4v) is 1.39. The molecule has 0 saturated carbocycles. The number of urea groups is 1. The Kier molecular flexibility index (Phi) is 6.49. The Bertz CT molecular complexity index is 234. The molecule has 0 aromatic rings. The fourth-order valence-electron chi connectivity index (χ4n) is 1.39. The number of nitrogens with one attached hydrogen (secondary N) is 1. The Morgan fingerprint density at radius 2 is 1.82 bits per heavy atom.